The number of carbonyl (C=O) groups excluding carboxylic acids is 1. The molecule has 2 aromatic heterocycles. The van der Waals surface area contributed by atoms with Crippen molar-refractivity contribution in [2.75, 3.05) is 6.54 Å². The lowest BCUT2D eigenvalue weighted by molar-refractivity contribution is 0.100. The van der Waals surface area contributed by atoms with Gasteiger partial charge in [-0.05, 0) is 22.6 Å². The van der Waals surface area contributed by atoms with Crippen molar-refractivity contribution in [1.29, 1.82) is 0 Å². The summed E-state index contributed by atoms with van der Waals surface area (Å²) in [6.45, 7) is -0.00632. The molecule has 2 N–H and O–H groups in total. The lowest BCUT2D eigenvalue weighted by atomic mass is 10.2. The van der Waals surface area contributed by atoms with Crippen molar-refractivity contribution in [1.82, 2.24) is 20.0 Å². The summed E-state index contributed by atoms with van der Waals surface area (Å²) in [5.74, 6) is -0.127. The predicted octanol–water partition coefficient (Wildman–Crippen LogP) is -0.734. The number of ketones is 1. The Morgan fingerprint density at radius 3 is 3.15 bits per heavy atom. The van der Waals surface area contributed by atoms with Crippen molar-refractivity contribution in [2.45, 2.75) is 0 Å². The Labute approximate surface area is 73.3 Å². The van der Waals surface area contributed by atoms with E-state index in [1.54, 1.807) is 18.3 Å². The van der Waals surface area contributed by atoms with Crippen molar-refractivity contribution in [2.24, 2.45) is 5.73 Å². The summed E-state index contributed by atoms with van der Waals surface area (Å²) in [5, 5.41) is 10.8. The van der Waals surface area contributed by atoms with E-state index in [0.717, 1.165) is 0 Å². The molecule has 13 heavy (non-hydrogen) atoms. The maximum atomic E-state index is 11.2. The van der Waals surface area contributed by atoms with Crippen LogP contribution in [0.5, 0.6) is 0 Å². The van der Waals surface area contributed by atoms with Crippen LogP contribution in [0.3, 0.4) is 0 Å². The second-order valence-electron chi connectivity index (χ2n) is 2.53. The van der Waals surface area contributed by atoms with Crippen LogP contribution in [0, 0.1) is 0 Å². The van der Waals surface area contributed by atoms with E-state index in [9.17, 15) is 4.79 Å². The number of hydrogen-bond donors (Lipinski definition) is 1. The van der Waals surface area contributed by atoms with E-state index in [-0.39, 0.29) is 12.3 Å². The minimum Gasteiger partial charge on any atom is -0.324 e. The zero-order valence-electron chi connectivity index (χ0n) is 6.71. The summed E-state index contributed by atoms with van der Waals surface area (Å²) in [6, 6.07) is 3.32. The van der Waals surface area contributed by atoms with E-state index in [4.69, 9.17) is 5.73 Å². The molecule has 0 spiro atoms. The molecule has 0 radical (unpaired) electrons. The molecule has 0 bridgehead atoms. The first-order chi connectivity index (χ1) is 6.31. The quantitative estimate of drug-likeness (QED) is 0.611. The van der Waals surface area contributed by atoms with Gasteiger partial charge < -0.3 is 5.73 Å². The fraction of sp³-hybridized carbons (Fsp3) is 0.143. The smallest absolute Gasteiger partial charge is 0.179 e. The van der Waals surface area contributed by atoms with Crippen molar-refractivity contribution in [3.05, 3.63) is 23.9 Å². The first-order valence-corrected chi connectivity index (χ1v) is 3.72. The summed E-state index contributed by atoms with van der Waals surface area (Å²) in [6.07, 6.45) is 1.56. The molecular weight excluding hydrogens is 170 g/mol. The van der Waals surface area contributed by atoms with Crippen LogP contribution in [-0.4, -0.2) is 32.4 Å². The standard InChI is InChI=1S/C7H7N5O/c8-3-6(13)5-1-2-7-9-10-11-12(7)4-5/h1-2,4H,3,8H2. The molecule has 0 saturated carbocycles. The van der Waals surface area contributed by atoms with Crippen LogP contribution in [-0.2, 0) is 0 Å². The number of tetrazole rings is 1. The molecule has 6 heteroatoms. The Bertz CT molecular complexity index is 449. The zero-order chi connectivity index (χ0) is 9.26. The third-order valence-corrected chi connectivity index (χ3v) is 1.70. The summed E-state index contributed by atoms with van der Waals surface area (Å²) in [5.41, 5.74) is 6.33. The SMILES string of the molecule is NCC(=O)c1ccc2nnnn2c1. The van der Waals surface area contributed by atoms with Gasteiger partial charge in [0.1, 0.15) is 0 Å². The molecule has 0 saturated heterocycles. The molecule has 6 nitrogen and oxygen atoms in total. The van der Waals surface area contributed by atoms with Gasteiger partial charge in [-0.3, -0.25) is 4.79 Å². The van der Waals surface area contributed by atoms with E-state index >= 15 is 0 Å². The molecule has 0 aromatic carbocycles. The molecule has 0 amide bonds. The van der Waals surface area contributed by atoms with Crippen LogP contribution in [0.1, 0.15) is 10.4 Å². The maximum Gasteiger partial charge on any atom is 0.179 e. The molecule has 0 unspecified atom stereocenters. The van der Waals surface area contributed by atoms with Crippen LogP contribution in [0.2, 0.25) is 0 Å². The summed E-state index contributed by atoms with van der Waals surface area (Å²) >= 11 is 0. The van der Waals surface area contributed by atoms with Crippen LogP contribution >= 0.6 is 0 Å². The molecular formula is C7H7N5O. The molecule has 0 atom stereocenters. The highest BCUT2D eigenvalue weighted by Gasteiger charge is 2.04. The van der Waals surface area contributed by atoms with Crippen LogP contribution in [0.15, 0.2) is 18.3 Å². The monoisotopic (exact) mass is 177 g/mol. The number of Topliss-reactive ketones (excluding diaryl/α,β-unsaturated/α-hetero) is 1. The molecule has 2 heterocycles. The lowest BCUT2D eigenvalue weighted by Gasteiger charge is -1.96. The highest BCUT2D eigenvalue weighted by atomic mass is 16.1. The Hall–Kier alpha value is -1.82. The van der Waals surface area contributed by atoms with Gasteiger partial charge in [0.15, 0.2) is 11.4 Å². The first-order valence-electron chi connectivity index (χ1n) is 3.72. The van der Waals surface area contributed by atoms with Crippen LogP contribution in [0.4, 0.5) is 0 Å². The normalized spacial score (nSPS) is 10.5. The van der Waals surface area contributed by atoms with E-state index in [1.807, 2.05) is 0 Å². The van der Waals surface area contributed by atoms with Crippen molar-refractivity contribution < 1.29 is 4.79 Å². The van der Waals surface area contributed by atoms with Crippen molar-refractivity contribution in [3.63, 3.8) is 0 Å². The fourth-order valence-electron chi connectivity index (χ4n) is 1.02. The Morgan fingerprint density at radius 1 is 1.54 bits per heavy atom. The lowest BCUT2D eigenvalue weighted by Crippen LogP contribution is -2.14. The number of nitrogens with two attached hydrogens (primary N) is 1. The van der Waals surface area contributed by atoms with E-state index in [2.05, 4.69) is 15.5 Å². The Morgan fingerprint density at radius 2 is 2.38 bits per heavy atom. The summed E-state index contributed by atoms with van der Waals surface area (Å²) < 4.78 is 1.43. The van der Waals surface area contributed by atoms with Crippen molar-refractivity contribution in [3.8, 4) is 0 Å². The van der Waals surface area contributed by atoms with Gasteiger partial charge in [0.2, 0.25) is 0 Å². The fourth-order valence-corrected chi connectivity index (χ4v) is 1.02. The minimum atomic E-state index is -0.127. The maximum absolute atomic E-state index is 11.2. The Balaban J connectivity index is 2.54. The van der Waals surface area contributed by atoms with Crippen molar-refractivity contribution >= 4 is 11.4 Å². The van der Waals surface area contributed by atoms with E-state index in [1.165, 1.54) is 4.52 Å². The molecule has 66 valence electrons. The Kier molecular flexibility index (Phi) is 1.75. The third kappa shape index (κ3) is 1.27. The average Bonchev–Trinajstić information content (AvgIpc) is 2.63. The summed E-state index contributed by atoms with van der Waals surface area (Å²) in [4.78, 5) is 11.2. The number of carbonyl (C=O) groups is 1. The minimum absolute atomic E-state index is 0.00632. The first kappa shape index (κ1) is 7.81. The number of aromatic nitrogens is 4. The number of rotatable bonds is 2. The van der Waals surface area contributed by atoms with Gasteiger partial charge in [-0.2, -0.15) is 4.52 Å². The van der Waals surface area contributed by atoms with Gasteiger partial charge >= 0.3 is 0 Å². The molecule has 0 aliphatic carbocycles. The summed E-state index contributed by atoms with van der Waals surface area (Å²) in [7, 11) is 0. The van der Waals surface area contributed by atoms with Gasteiger partial charge in [-0.15, -0.1) is 5.10 Å². The van der Waals surface area contributed by atoms with Gasteiger partial charge in [0, 0.05) is 11.8 Å². The predicted molar refractivity (Wildman–Crippen MR) is 44.2 cm³/mol. The van der Waals surface area contributed by atoms with E-state index < -0.39 is 0 Å². The highest BCUT2D eigenvalue weighted by molar-refractivity contribution is 5.97. The number of hydrogen-bond acceptors (Lipinski definition) is 5. The topological polar surface area (TPSA) is 86.2 Å². The highest BCUT2D eigenvalue weighted by Crippen LogP contribution is 2.02. The van der Waals surface area contributed by atoms with Gasteiger partial charge in [0.25, 0.3) is 0 Å². The number of pyridine rings is 1. The van der Waals surface area contributed by atoms with Crippen LogP contribution < -0.4 is 5.73 Å². The molecule has 0 aliphatic rings. The number of nitrogens with zero attached hydrogens (tertiary/aromatic N) is 4. The van der Waals surface area contributed by atoms with Gasteiger partial charge in [-0.1, -0.05) is 0 Å². The van der Waals surface area contributed by atoms with Gasteiger partial charge in [0.05, 0.1) is 6.54 Å². The molecule has 2 aromatic rings. The molecule has 2 rings (SSSR count). The second-order valence-corrected chi connectivity index (χ2v) is 2.53. The van der Waals surface area contributed by atoms with Gasteiger partial charge in [-0.25, -0.2) is 0 Å². The zero-order valence-corrected chi connectivity index (χ0v) is 6.71. The number of fused-ring (bicyclic) bond motifs is 1. The second kappa shape index (κ2) is 2.91. The van der Waals surface area contributed by atoms with Crippen LogP contribution in [0.25, 0.3) is 5.65 Å². The molecule has 0 aliphatic heterocycles. The third-order valence-electron chi connectivity index (χ3n) is 1.70. The molecule has 0 fully saturated rings. The van der Waals surface area contributed by atoms with E-state index in [0.29, 0.717) is 11.2 Å². The largest absolute Gasteiger partial charge is 0.324 e. The average molecular weight is 177 g/mol.